The van der Waals surface area contributed by atoms with Crippen LogP contribution in [-0.4, -0.2) is 33.1 Å². The first kappa shape index (κ1) is 19.6. The average Bonchev–Trinajstić information content (AvgIpc) is 3.16. The molecule has 3 aromatic rings. The molecule has 6 heteroatoms. The Morgan fingerprint density at radius 3 is 2.39 bits per heavy atom. The van der Waals surface area contributed by atoms with Crippen LogP contribution in [0.1, 0.15) is 32.2 Å². The van der Waals surface area contributed by atoms with Gasteiger partial charge in [-0.3, -0.25) is 4.79 Å². The van der Waals surface area contributed by atoms with E-state index in [0.29, 0.717) is 17.5 Å². The molecule has 1 unspecified atom stereocenters. The minimum atomic E-state index is -0.623. The molecule has 0 N–H and O–H groups in total. The van der Waals surface area contributed by atoms with Gasteiger partial charge >= 0.3 is 0 Å². The van der Waals surface area contributed by atoms with Gasteiger partial charge in [0.25, 0.3) is 5.91 Å². The third kappa shape index (κ3) is 4.76. The highest BCUT2D eigenvalue weighted by molar-refractivity contribution is 5.81. The number of amides is 1. The Labute approximate surface area is 165 Å². The number of aryl methyl sites for hydroxylation is 1. The van der Waals surface area contributed by atoms with Crippen LogP contribution in [0.3, 0.4) is 0 Å². The van der Waals surface area contributed by atoms with Crippen molar-refractivity contribution < 1.29 is 14.1 Å². The lowest BCUT2D eigenvalue weighted by atomic mass is 10.2. The van der Waals surface area contributed by atoms with E-state index in [1.165, 1.54) is 0 Å². The standard InChI is InChI=1S/C22H25N3O3/c1-15(2)25(22(26)17(4)27-19-12-10-16(3)11-13-19)14-20-23-21(24-28-20)18-8-6-5-7-9-18/h5-13,15,17H,14H2,1-4H3. The van der Waals surface area contributed by atoms with Crippen molar-refractivity contribution in [3.8, 4) is 17.1 Å². The van der Waals surface area contributed by atoms with Crippen LogP contribution in [0, 0.1) is 6.92 Å². The molecule has 28 heavy (non-hydrogen) atoms. The van der Waals surface area contributed by atoms with Crippen LogP contribution >= 0.6 is 0 Å². The maximum absolute atomic E-state index is 12.9. The van der Waals surface area contributed by atoms with Gasteiger partial charge in [-0.2, -0.15) is 4.98 Å². The van der Waals surface area contributed by atoms with Crippen molar-refractivity contribution in [2.45, 2.75) is 46.4 Å². The van der Waals surface area contributed by atoms with Gasteiger partial charge in [0.15, 0.2) is 6.10 Å². The van der Waals surface area contributed by atoms with E-state index >= 15 is 0 Å². The van der Waals surface area contributed by atoms with Gasteiger partial charge in [0.1, 0.15) is 12.3 Å². The first-order valence-electron chi connectivity index (χ1n) is 9.36. The molecule has 0 saturated carbocycles. The minimum Gasteiger partial charge on any atom is -0.481 e. The summed E-state index contributed by atoms with van der Waals surface area (Å²) in [6, 6.07) is 17.2. The second-order valence-electron chi connectivity index (χ2n) is 7.01. The number of rotatable bonds is 7. The second kappa shape index (κ2) is 8.69. The molecule has 0 fully saturated rings. The van der Waals surface area contributed by atoms with E-state index in [-0.39, 0.29) is 18.5 Å². The Balaban J connectivity index is 1.70. The van der Waals surface area contributed by atoms with Gasteiger partial charge in [0, 0.05) is 11.6 Å². The number of hydrogen-bond donors (Lipinski definition) is 0. The number of benzene rings is 2. The normalized spacial score (nSPS) is 12.0. The zero-order valence-corrected chi connectivity index (χ0v) is 16.6. The van der Waals surface area contributed by atoms with Gasteiger partial charge in [-0.25, -0.2) is 0 Å². The highest BCUT2D eigenvalue weighted by Crippen LogP contribution is 2.18. The summed E-state index contributed by atoms with van der Waals surface area (Å²) in [5, 5.41) is 4.02. The molecule has 0 spiro atoms. The number of hydrogen-bond acceptors (Lipinski definition) is 5. The summed E-state index contributed by atoms with van der Waals surface area (Å²) in [6.45, 7) is 7.89. The highest BCUT2D eigenvalue weighted by Gasteiger charge is 2.26. The van der Waals surface area contributed by atoms with E-state index in [0.717, 1.165) is 11.1 Å². The lowest BCUT2D eigenvalue weighted by Crippen LogP contribution is -2.43. The largest absolute Gasteiger partial charge is 0.481 e. The van der Waals surface area contributed by atoms with Gasteiger partial charge in [-0.1, -0.05) is 53.2 Å². The molecule has 146 valence electrons. The van der Waals surface area contributed by atoms with E-state index in [2.05, 4.69) is 10.1 Å². The van der Waals surface area contributed by atoms with E-state index in [1.54, 1.807) is 11.8 Å². The van der Waals surface area contributed by atoms with Gasteiger partial charge in [-0.15, -0.1) is 0 Å². The molecule has 3 rings (SSSR count). The molecular formula is C22H25N3O3. The van der Waals surface area contributed by atoms with Crippen LogP contribution in [-0.2, 0) is 11.3 Å². The van der Waals surface area contributed by atoms with E-state index in [9.17, 15) is 4.79 Å². The highest BCUT2D eigenvalue weighted by atomic mass is 16.5. The fourth-order valence-electron chi connectivity index (χ4n) is 2.79. The van der Waals surface area contributed by atoms with E-state index < -0.39 is 6.10 Å². The summed E-state index contributed by atoms with van der Waals surface area (Å²) in [6.07, 6.45) is -0.623. The SMILES string of the molecule is Cc1ccc(OC(C)C(=O)N(Cc2nc(-c3ccccc3)no2)C(C)C)cc1. The Morgan fingerprint density at radius 1 is 1.07 bits per heavy atom. The maximum atomic E-state index is 12.9. The summed E-state index contributed by atoms with van der Waals surface area (Å²) < 4.78 is 11.2. The number of ether oxygens (including phenoxy) is 1. The van der Waals surface area contributed by atoms with Crippen LogP contribution in [0.15, 0.2) is 59.1 Å². The van der Waals surface area contributed by atoms with Crippen molar-refractivity contribution in [2.24, 2.45) is 0 Å². The van der Waals surface area contributed by atoms with Crippen molar-refractivity contribution in [3.63, 3.8) is 0 Å². The minimum absolute atomic E-state index is 0.0383. The smallest absolute Gasteiger partial charge is 0.264 e. The molecule has 0 aliphatic carbocycles. The molecule has 0 saturated heterocycles. The third-order valence-corrected chi connectivity index (χ3v) is 4.39. The molecule has 0 bridgehead atoms. The summed E-state index contributed by atoms with van der Waals surface area (Å²) >= 11 is 0. The Bertz CT molecular complexity index is 904. The first-order valence-corrected chi connectivity index (χ1v) is 9.36. The summed E-state index contributed by atoms with van der Waals surface area (Å²) in [7, 11) is 0. The summed E-state index contributed by atoms with van der Waals surface area (Å²) in [4.78, 5) is 19.1. The van der Waals surface area contributed by atoms with E-state index in [4.69, 9.17) is 9.26 Å². The van der Waals surface area contributed by atoms with Crippen LogP contribution in [0.5, 0.6) is 5.75 Å². The maximum Gasteiger partial charge on any atom is 0.264 e. The van der Waals surface area contributed by atoms with Gasteiger partial charge in [0.2, 0.25) is 11.7 Å². The fraction of sp³-hybridized carbons (Fsp3) is 0.318. The van der Waals surface area contributed by atoms with Crippen molar-refractivity contribution >= 4 is 5.91 Å². The molecule has 0 aliphatic rings. The molecule has 1 aromatic heterocycles. The number of carbonyl (C=O) groups is 1. The number of carbonyl (C=O) groups excluding carboxylic acids is 1. The molecule has 0 aliphatic heterocycles. The lowest BCUT2D eigenvalue weighted by Gasteiger charge is -2.28. The molecule has 2 aromatic carbocycles. The van der Waals surface area contributed by atoms with Crippen LogP contribution < -0.4 is 4.74 Å². The summed E-state index contributed by atoms with van der Waals surface area (Å²) in [5.41, 5.74) is 2.01. The topological polar surface area (TPSA) is 68.5 Å². The predicted molar refractivity (Wildman–Crippen MR) is 107 cm³/mol. The van der Waals surface area contributed by atoms with Gasteiger partial charge in [0.05, 0.1) is 0 Å². The summed E-state index contributed by atoms with van der Waals surface area (Å²) in [5.74, 6) is 1.44. The molecular weight excluding hydrogens is 354 g/mol. The fourth-order valence-corrected chi connectivity index (χ4v) is 2.79. The van der Waals surface area contributed by atoms with Crippen LogP contribution in [0.2, 0.25) is 0 Å². The third-order valence-electron chi connectivity index (χ3n) is 4.39. The molecule has 1 atom stereocenters. The van der Waals surface area contributed by atoms with Crippen molar-refractivity contribution in [1.82, 2.24) is 15.0 Å². The van der Waals surface area contributed by atoms with Crippen LogP contribution in [0.4, 0.5) is 0 Å². The molecule has 6 nitrogen and oxygen atoms in total. The molecule has 1 amide bonds. The van der Waals surface area contributed by atoms with Gasteiger partial charge < -0.3 is 14.2 Å². The zero-order chi connectivity index (χ0) is 20.1. The average molecular weight is 379 g/mol. The molecule has 0 radical (unpaired) electrons. The monoisotopic (exact) mass is 379 g/mol. The first-order chi connectivity index (χ1) is 13.4. The Hall–Kier alpha value is -3.15. The lowest BCUT2D eigenvalue weighted by molar-refractivity contribution is -0.140. The second-order valence-corrected chi connectivity index (χ2v) is 7.01. The Kier molecular flexibility index (Phi) is 6.09. The van der Waals surface area contributed by atoms with Crippen molar-refractivity contribution in [1.29, 1.82) is 0 Å². The number of nitrogens with zero attached hydrogens (tertiary/aromatic N) is 3. The van der Waals surface area contributed by atoms with Crippen LogP contribution in [0.25, 0.3) is 11.4 Å². The van der Waals surface area contributed by atoms with Gasteiger partial charge in [-0.05, 0) is 39.8 Å². The predicted octanol–water partition coefficient (Wildman–Crippen LogP) is 4.25. The van der Waals surface area contributed by atoms with Crippen molar-refractivity contribution in [2.75, 3.05) is 0 Å². The van der Waals surface area contributed by atoms with Crippen molar-refractivity contribution in [3.05, 3.63) is 66.1 Å². The zero-order valence-electron chi connectivity index (χ0n) is 16.6. The molecule has 1 heterocycles. The Morgan fingerprint density at radius 2 is 1.75 bits per heavy atom. The quantitative estimate of drug-likeness (QED) is 0.614. The van der Waals surface area contributed by atoms with E-state index in [1.807, 2.05) is 75.4 Å². The number of aromatic nitrogens is 2.